The quantitative estimate of drug-likeness (QED) is 0.687. The molecule has 2 unspecified atom stereocenters. The van der Waals surface area contributed by atoms with E-state index in [1.165, 1.54) is 19.1 Å². The number of carbonyl (C=O) groups excluding carboxylic acids is 1. The van der Waals surface area contributed by atoms with Crippen LogP contribution in [0.1, 0.15) is 25.0 Å². The fourth-order valence-electron chi connectivity index (χ4n) is 1.82. The molecule has 0 aliphatic heterocycles. The van der Waals surface area contributed by atoms with Gasteiger partial charge in [0.15, 0.2) is 9.84 Å². The van der Waals surface area contributed by atoms with E-state index < -0.39 is 22.0 Å². The normalized spacial score (nSPS) is 14.6. The summed E-state index contributed by atoms with van der Waals surface area (Å²) < 4.78 is 23.3. The zero-order valence-electron chi connectivity index (χ0n) is 11.4. The molecule has 1 amide bonds. The minimum absolute atomic E-state index is 0.00826. The van der Waals surface area contributed by atoms with Gasteiger partial charge in [0, 0.05) is 25.3 Å². The van der Waals surface area contributed by atoms with E-state index in [9.17, 15) is 23.4 Å². The lowest BCUT2D eigenvalue weighted by atomic mass is 10.0. The number of nitrogens with one attached hydrogen (secondary N) is 1. The van der Waals surface area contributed by atoms with Gasteiger partial charge in [-0.3, -0.25) is 4.79 Å². The van der Waals surface area contributed by atoms with Crippen LogP contribution in [0, 0.1) is 0 Å². The van der Waals surface area contributed by atoms with Gasteiger partial charge in [-0.2, -0.15) is 0 Å². The van der Waals surface area contributed by atoms with Gasteiger partial charge < -0.3 is 15.5 Å². The lowest BCUT2D eigenvalue weighted by Crippen LogP contribution is -2.28. The zero-order valence-corrected chi connectivity index (χ0v) is 12.2. The topological polar surface area (TPSA) is 104 Å². The van der Waals surface area contributed by atoms with Crippen LogP contribution in [0.2, 0.25) is 0 Å². The summed E-state index contributed by atoms with van der Waals surface area (Å²) in [4.78, 5) is 10.7. The number of aliphatic hydroxyl groups is 2. The summed E-state index contributed by atoms with van der Waals surface area (Å²) in [5.41, 5.74) is 0.158. The van der Waals surface area contributed by atoms with Crippen molar-refractivity contribution in [2.45, 2.75) is 30.4 Å². The molecule has 2 atom stereocenters. The van der Waals surface area contributed by atoms with Crippen molar-refractivity contribution in [1.29, 1.82) is 0 Å². The lowest BCUT2D eigenvalue weighted by Gasteiger charge is -2.20. The first-order valence-electron chi connectivity index (χ1n) is 6.13. The molecule has 1 aromatic carbocycles. The minimum Gasteiger partial charge on any atom is -0.390 e. The second-order valence-corrected chi connectivity index (χ2v) is 6.58. The van der Waals surface area contributed by atoms with Gasteiger partial charge in [0.25, 0.3) is 0 Å². The van der Waals surface area contributed by atoms with Crippen LogP contribution in [0.15, 0.2) is 29.2 Å². The third-order valence-electron chi connectivity index (χ3n) is 2.82. The molecule has 6 nitrogen and oxygen atoms in total. The Hall–Kier alpha value is -1.44. The summed E-state index contributed by atoms with van der Waals surface area (Å²) in [5.74, 6) is -0.233. The Balaban J connectivity index is 2.87. The number of benzene rings is 1. The molecule has 3 N–H and O–H groups in total. The molecule has 20 heavy (non-hydrogen) atoms. The number of hydrogen-bond acceptors (Lipinski definition) is 5. The molecule has 0 aromatic heterocycles. The molecular formula is C13H19NO5S. The molecule has 0 spiro atoms. The van der Waals surface area contributed by atoms with E-state index in [-0.39, 0.29) is 29.3 Å². The number of hydrogen-bond donors (Lipinski definition) is 3. The molecule has 1 aromatic rings. The van der Waals surface area contributed by atoms with Crippen LogP contribution in [0.4, 0.5) is 0 Å². The van der Waals surface area contributed by atoms with Crippen LogP contribution in [0.3, 0.4) is 0 Å². The Morgan fingerprint density at radius 3 is 2.45 bits per heavy atom. The Morgan fingerprint density at radius 1 is 1.30 bits per heavy atom. The predicted octanol–water partition coefficient (Wildman–Crippen LogP) is 0.0106. The molecule has 0 saturated heterocycles. The van der Waals surface area contributed by atoms with E-state index >= 15 is 0 Å². The summed E-state index contributed by atoms with van der Waals surface area (Å²) in [6.45, 7) is 1.55. The molecule has 0 heterocycles. The summed E-state index contributed by atoms with van der Waals surface area (Å²) in [5, 5.41) is 22.4. The first-order chi connectivity index (χ1) is 9.23. The van der Waals surface area contributed by atoms with E-state index in [1.54, 1.807) is 12.1 Å². The van der Waals surface area contributed by atoms with Gasteiger partial charge in [0.2, 0.25) is 5.91 Å². The molecule has 0 fully saturated rings. The van der Waals surface area contributed by atoms with Gasteiger partial charge in [-0.1, -0.05) is 18.2 Å². The van der Waals surface area contributed by atoms with Gasteiger partial charge in [-0.15, -0.1) is 0 Å². The number of rotatable bonds is 6. The van der Waals surface area contributed by atoms with Crippen LogP contribution in [0.5, 0.6) is 0 Å². The van der Waals surface area contributed by atoms with Crippen LogP contribution in [-0.4, -0.2) is 43.4 Å². The summed E-state index contributed by atoms with van der Waals surface area (Å²) >= 11 is 0. The maximum atomic E-state index is 11.6. The van der Waals surface area contributed by atoms with E-state index in [4.69, 9.17) is 0 Å². The van der Waals surface area contributed by atoms with E-state index in [2.05, 4.69) is 5.32 Å². The highest BCUT2D eigenvalue weighted by molar-refractivity contribution is 7.90. The van der Waals surface area contributed by atoms with Gasteiger partial charge in [-0.25, -0.2) is 8.42 Å². The third kappa shape index (κ3) is 4.59. The predicted molar refractivity (Wildman–Crippen MR) is 73.8 cm³/mol. The van der Waals surface area contributed by atoms with Crippen molar-refractivity contribution in [2.75, 3.05) is 12.8 Å². The number of carbonyl (C=O) groups is 1. The largest absolute Gasteiger partial charge is 0.390 e. The van der Waals surface area contributed by atoms with Crippen molar-refractivity contribution < 1.29 is 23.4 Å². The highest BCUT2D eigenvalue weighted by Crippen LogP contribution is 2.25. The monoisotopic (exact) mass is 301 g/mol. The molecule has 0 bridgehead atoms. The average molecular weight is 301 g/mol. The SMILES string of the molecule is CC(=O)NCCC(O)C(O)c1ccccc1S(C)(=O)=O. The number of sulfone groups is 1. The summed E-state index contributed by atoms with van der Waals surface area (Å²) in [6, 6.07) is 5.99. The van der Waals surface area contributed by atoms with Crippen molar-refractivity contribution in [1.82, 2.24) is 5.32 Å². The Labute approximate surface area is 118 Å². The van der Waals surface area contributed by atoms with Crippen LogP contribution >= 0.6 is 0 Å². The highest BCUT2D eigenvalue weighted by Gasteiger charge is 2.24. The van der Waals surface area contributed by atoms with Crippen LogP contribution in [0.25, 0.3) is 0 Å². The van der Waals surface area contributed by atoms with Gasteiger partial charge in [0.05, 0.1) is 11.0 Å². The van der Waals surface area contributed by atoms with Crippen LogP contribution < -0.4 is 5.32 Å². The second kappa shape index (κ2) is 6.83. The van der Waals surface area contributed by atoms with Crippen molar-refractivity contribution >= 4 is 15.7 Å². The Bertz CT molecular complexity index is 570. The molecule has 7 heteroatoms. The van der Waals surface area contributed by atoms with Crippen molar-refractivity contribution in [3.63, 3.8) is 0 Å². The second-order valence-electron chi connectivity index (χ2n) is 4.59. The summed E-state index contributed by atoms with van der Waals surface area (Å²) in [6.07, 6.45) is -1.32. The standard InChI is InChI=1S/C13H19NO5S/c1-9(15)14-8-7-11(16)13(17)10-5-3-4-6-12(10)20(2,18)19/h3-6,11,13,16-17H,7-8H2,1-2H3,(H,14,15). The molecule has 0 aliphatic rings. The maximum Gasteiger partial charge on any atom is 0.216 e. The molecular weight excluding hydrogens is 282 g/mol. The third-order valence-corrected chi connectivity index (χ3v) is 3.99. The fourth-order valence-corrected chi connectivity index (χ4v) is 2.77. The first kappa shape index (κ1) is 16.6. The molecule has 0 radical (unpaired) electrons. The fraction of sp³-hybridized carbons (Fsp3) is 0.462. The first-order valence-corrected chi connectivity index (χ1v) is 8.02. The van der Waals surface area contributed by atoms with E-state index in [1.807, 2.05) is 0 Å². The minimum atomic E-state index is -3.49. The molecule has 1 rings (SSSR count). The Morgan fingerprint density at radius 2 is 1.90 bits per heavy atom. The number of amides is 1. The van der Waals surface area contributed by atoms with E-state index in [0.29, 0.717) is 0 Å². The number of aliphatic hydroxyl groups excluding tert-OH is 2. The smallest absolute Gasteiger partial charge is 0.216 e. The summed E-state index contributed by atoms with van der Waals surface area (Å²) in [7, 11) is -3.49. The van der Waals surface area contributed by atoms with E-state index in [0.717, 1.165) is 6.26 Å². The highest BCUT2D eigenvalue weighted by atomic mass is 32.2. The molecule has 112 valence electrons. The van der Waals surface area contributed by atoms with Gasteiger partial charge in [0.1, 0.15) is 6.10 Å². The molecule has 0 saturated carbocycles. The zero-order chi connectivity index (χ0) is 15.3. The molecule has 0 aliphatic carbocycles. The van der Waals surface area contributed by atoms with Gasteiger partial charge >= 0.3 is 0 Å². The van der Waals surface area contributed by atoms with Crippen molar-refractivity contribution in [3.05, 3.63) is 29.8 Å². The maximum absolute atomic E-state index is 11.6. The lowest BCUT2D eigenvalue weighted by molar-refractivity contribution is -0.119. The van der Waals surface area contributed by atoms with Crippen LogP contribution in [-0.2, 0) is 14.6 Å². The van der Waals surface area contributed by atoms with Gasteiger partial charge in [-0.05, 0) is 12.5 Å². The van der Waals surface area contributed by atoms with Crippen molar-refractivity contribution in [3.8, 4) is 0 Å². The Kier molecular flexibility index (Phi) is 5.67. The van der Waals surface area contributed by atoms with Crippen molar-refractivity contribution in [2.24, 2.45) is 0 Å². The average Bonchev–Trinajstić information content (AvgIpc) is 2.36.